The lowest BCUT2D eigenvalue weighted by Gasteiger charge is -2.15. The van der Waals surface area contributed by atoms with Gasteiger partial charge in [0, 0.05) is 28.8 Å². The zero-order valence-electron chi connectivity index (χ0n) is 21.2. The molecule has 2 heterocycles. The van der Waals surface area contributed by atoms with Crippen LogP contribution < -0.4 is 5.32 Å². The Morgan fingerprint density at radius 3 is 2.42 bits per heavy atom. The first-order valence-corrected chi connectivity index (χ1v) is 13.9. The Labute approximate surface area is 223 Å². The standard InChI is InChI=1S/C24H26ClF3N6O3S/c1-13(2)12-38(5,37)33-23(36)16-6-7-20(29-11-16)34-21(31-15(4)32-34)14(3)30-22(35)17-8-18(24(26,27)28)10-19(25)9-17/h6-11,13-14H,12H2,1-5H3,(H,30,35). The predicted octanol–water partition coefficient (Wildman–Crippen LogP) is 5.03. The average molecular weight is 571 g/mol. The maximum absolute atomic E-state index is 13.1. The van der Waals surface area contributed by atoms with Crippen LogP contribution in [0.2, 0.25) is 5.02 Å². The minimum absolute atomic E-state index is 0.103. The summed E-state index contributed by atoms with van der Waals surface area (Å²) in [6, 6.07) is 4.72. The normalized spacial score (nSPS) is 14.2. The Morgan fingerprint density at radius 1 is 1.16 bits per heavy atom. The molecule has 204 valence electrons. The van der Waals surface area contributed by atoms with Gasteiger partial charge in [-0.05, 0) is 50.1 Å². The largest absolute Gasteiger partial charge is 0.416 e. The van der Waals surface area contributed by atoms with Gasteiger partial charge in [-0.1, -0.05) is 25.4 Å². The van der Waals surface area contributed by atoms with Gasteiger partial charge in [0.15, 0.2) is 11.6 Å². The number of nitrogens with zero attached hydrogens (tertiary/aromatic N) is 5. The fraction of sp³-hybridized carbons (Fsp3) is 0.375. The number of carbonyl (C=O) groups is 2. The van der Waals surface area contributed by atoms with E-state index in [1.54, 1.807) is 13.8 Å². The number of hydrogen-bond donors (Lipinski definition) is 1. The highest BCUT2D eigenvalue weighted by Gasteiger charge is 2.32. The van der Waals surface area contributed by atoms with E-state index in [1.807, 2.05) is 13.8 Å². The fourth-order valence-corrected chi connectivity index (χ4v) is 5.63. The van der Waals surface area contributed by atoms with Crippen LogP contribution in [0.15, 0.2) is 40.9 Å². The van der Waals surface area contributed by atoms with Gasteiger partial charge in [0.25, 0.3) is 11.8 Å². The van der Waals surface area contributed by atoms with Gasteiger partial charge in [0.2, 0.25) is 0 Å². The summed E-state index contributed by atoms with van der Waals surface area (Å²) >= 11 is 5.79. The molecule has 2 atom stereocenters. The Balaban J connectivity index is 1.84. The van der Waals surface area contributed by atoms with Crippen LogP contribution >= 0.6 is 11.6 Å². The highest BCUT2D eigenvalue weighted by Crippen LogP contribution is 2.32. The molecule has 3 aromatic rings. The van der Waals surface area contributed by atoms with Gasteiger partial charge in [-0.3, -0.25) is 9.59 Å². The van der Waals surface area contributed by atoms with Crippen molar-refractivity contribution in [2.45, 2.75) is 39.9 Å². The van der Waals surface area contributed by atoms with Crippen molar-refractivity contribution in [2.75, 3.05) is 12.0 Å². The van der Waals surface area contributed by atoms with E-state index in [0.29, 0.717) is 11.9 Å². The van der Waals surface area contributed by atoms with Crippen LogP contribution in [0, 0.1) is 12.8 Å². The van der Waals surface area contributed by atoms with E-state index in [-0.39, 0.29) is 39.5 Å². The van der Waals surface area contributed by atoms with Crippen LogP contribution in [-0.2, 0) is 15.9 Å². The van der Waals surface area contributed by atoms with E-state index in [1.165, 1.54) is 29.3 Å². The van der Waals surface area contributed by atoms with Crippen molar-refractivity contribution in [3.8, 4) is 5.82 Å². The number of nitrogens with one attached hydrogen (secondary N) is 1. The van der Waals surface area contributed by atoms with Crippen molar-refractivity contribution in [2.24, 2.45) is 10.3 Å². The molecule has 0 bridgehead atoms. The number of halogens is 4. The van der Waals surface area contributed by atoms with Gasteiger partial charge >= 0.3 is 6.18 Å². The highest BCUT2D eigenvalue weighted by molar-refractivity contribution is 7.93. The summed E-state index contributed by atoms with van der Waals surface area (Å²) in [5.74, 6) is -0.211. The molecular formula is C24H26ClF3N6O3S. The van der Waals surface area contributed by atoms with Crippen molar-refractivity contribution in [1.82, 2.24) is 25.1 Å². The predicted molar refractivity (Wildman–Crippen MR) is 137 cm³/mol. The summed E-state index contributed by atoms with van der Waals surface area (Å²) in [5.41, 5.74) is -1.18. The SMILES string of the molecule is Cc1nc(C(C)NC(=O)c2cc(Cl)cc(C(F)(F)F)c2)n(-c2ccc(C(=O)N=S(C)(=O)CC(C)C)cn2)n1. The van der Waals surface area contributed by atoms with Crippen molar-refractivity contribution < 1.29 is 27.0 Å². The zero-order chi connectivity index (χ0) is 28.4. The number of benzene rings is 1. The van der Waals surface area contributed by atoms with Gasteiger partial charge in [-0.2, -0.15) is 22.2 Å². The Kier molecular flexibility index (Phi) is 8.62. The molecule has 2 amide bonds. The molecule has 0 aliphatic rings. The Morgan fingerprint density at radius 2 is 1.84 bits per heavy atom. The molecule has 0 saturated heterocycles. The molecule has 38 heavy (non-hydrogen) atoms. The van der Waals surface area contributed by atoms with Gasteiger partial charge in [0.05, 0.1) is 26.9 Å². The Bertz CT molecular complexity index is 1480. The molecule has 14 heteroatoms. The number of aromatic nitrogens is 4. The second kappa shape index (κ2) is 11.2. The van der Waals surface area contributed by atoms with Crippen molar-refractivity contribution in [3.05, 3.63) is 69.9 Å². The molecule has 0 aliphatic heterocycles. The summed E-state index contributed by atoms with van der Waals surface area (Å²) in [4.78, 5) is 33.8. The summed E-state index contributed by atoms with van der Waals surface area (Å²) in [7, 11) is -2.69. The quantitative estimate of drug-likeness (QED) is 0.425. The molecule has 0 fully saturated rings. The van der Waals surface area contributed by atoms with Crippen molar-refractivity contribution in [3.63, 3.8) is 0 Å². The van der Waals surface area contributed by atoms with Crippen LogP contribution in [0.3, 0.4) is 0 Å². The molecular weight excluding hydrogens is 545 g/mol. The van der Waals surface area contributed by atoms with Gasteiger partial charge in [0.1, 0.15) is 5.82 Å². The van der Waals surface area contributed by atoms with Gasteiger partial charge in [-0.25, -0.2) is 14.2 Å². The number of alkyl halides is 3. The minimum Gasteiger partial charge on any atom is -0.342 e. The summed E-state index contributed by atoms with van der Waals surface area (Å²) < 4.78 is 57.1. The number of amides is 2. The zero-order valence-corrected chi connectivity index (χ0v) is 22.8. The Hall–Kier alpha value is -3.32. The fourth-order valence-electron chi connectivity index (χ4n) is 3.63. The maximum atomic E-state index is 13.1. The number of pyridine rings is 1. The van der Waals surface area contributed by atoms with E-state index < -0.39 is 39.3 Å². The van der Waals surface area contributed by atoms with E-state index in [9.17, 15) is 27.0 Å². The average Bonchev–Trinajstić information content (AvgIpc) is 3.18. The van der Waals surface area contributed by atoms with E-state index in [4.69, 9.17) is 11.6 Å². The number of hydrogen-bond acceptors (Lipinski definition) is 6. The van der Waals surface area contributed by atoms with Gasteiger partial charge < -0.3 is 5.32 Å². The molecule has 9 nitrogen and oxygen atoms in total. The molecule has 2 unspecified atom stereocenters. The maximum Gasteiger partial charge on any atom is 0.416 e. The van der Waals surface area contributed by atoms with Crippen LogP contribution in [0.25, 0.3) is 5.82 Å². The van der Waals surface area contributed by atoms with E-state index in [0.717, 1.165) is 12.1 Å². The monoisotopic (exact) mass is 570 g/mol. The molecule has 0 spiro atoms. The molecule has 0 saturated carbocycles. The first-order valence-electron chi connectivity index (χ1n) is 11.4. The third-order valence-corrected chi connectivity index (χ3v) is 7.15. The first-order chi connectivity index (χ1) is 17.6. The van der Waals surface area contributed by atoms with E-state index >= 15 is 0 Å². The van der Waals surface area contributed by atoms with Crippen LogP contribution in [0.5, 0.6) is 0 Å². The van der Waals surface area contributed by atoms with Gasteiger partial charge in [-0.15, -0.1) is 5.10 Å². The molecule has 1 N–H and O–H groups in total. The van der Waals surface area contributed by atoms with Crippen LogP contribution in [0.1, 0.15) is 64.7 Å². The molecule has 1 aromatic carbocycles. The summed E-state index contributed by atoms with van der Waals surface area (Å²) in [6.07, 6.45) is -1.97. The molecule has 0 aliphatic carbocycles. The summed E-state index contributed by atoms with van der Waals surface area (Å²) in [5, 5.41) is 6.64. The lowest BCUT2D eigenvalue weighted by atomic mass is 10.1. The molecule has 0 radical (unpaired) electrons. The molecule has 3 rings (SSSR count). The number of carbonyl (C=O) groups excluding carboxylic acids is 2. The number of rotatable bonds is 7. The third-order valence-electron chi connectivity index (χ3n) is 5.09. The van der Waals surface area contributed by atoms with Crippen molar-refractivity contribution in [1.29, 1.82) is 0 Å². The van der Waals surface area contributed by atoms with Crippen LogP contribution in [-0.4, -0.2) is 47.8 Å². The van der Waals surface area contributed by atoms with E-state index in [2.05, 4.69) is 24.7 Å². The lowest BCUT2D eigenvalue weighted by molar-refractivity contribution is -0.137. The minimum atomic E-state index is -4.67. The topological polar surface area (TPSA) is 119 Å². The highest BCUT2D eigenvalue weighted by atomic mass is 35.5. The van der Waals surface area contributed by atoms with Crippen LogP contribution in [0.4, 0.5) is 13.2 Å². The summed E-state index contributed by atoms with van der Waals surface area (Å²) in [6.45, 7) is 6.96. The molecule has 2 aromatic heterocycles. The second-order valence-corrected chi connectivity index (χ2v) is 12.0. The first kappa shape index (κ1) is 29.2. The lowest BCUT2D eigenvalue weighted by Crippen LogP contribution is -2.29. The third kappa shape index (κ3) is 7.38. The smallest absolute Gasteiger partial charge is 0.342 e. The number of aryl methyl sites for hydroxylation is 1. The second-order valence-electron chi connectivity index (χ2n) is 9.17. The van der Waals surface area contributed by atoms with Crippen molar-refractivity contribution >= 4 is 33.1 Å².